The summed E-state index contributed by atoms with van der Waals surface area (Å²) in [5.74, 6) is 0.404. The summed E-state index contributed by atoms with van der Waals surface area (Å²) in [4.78, 5) is 35.9. The first-order valence-electron chi connectivity index (χ1n) is 9.98. The highest BCUT2D eigenvalue weighted by molar-refractivity contribution is 5.95. The van der Waals surface area contributed by atoms with Gasteiger partial charge in [0, 0.05) is 24.4 Å². The molecule has 0 aliphatic carbocycles. The monoisotopic (exact) mass is 425 g/mol. The van der Waals surface area contributed by atoms with Gasteiger partial charge in [-0.2, -0.15) is 5.10 Å². The number of carbonyl (C=O) groups is 1. The van der Waals surface area contributed by atoms with Gasteiger partial charge in [0.25, 0.3) is 5.91 Å². The molecule has 2 N–H and O–H groups in total. The van der Waals surface area contributed by atoms with Crippen LogP contribution in [-0.4, -0.2) is 35.2 Å². The number of pyridine rings is 1. The second-order valence-corrected chi connectivity index (χ2v) is 7.27. The van der Waals surface area contributed by atoms with Crippen LogP contribution in [0.25, 0.3) is 28.0 Å². The highest BCUT2D eigenvalue weighted by Gasteiger charge is 2.12. The minimum Gasteiger partial charge on any atom is -0.345 e. The number of aromatic nitrogens is 6. The van der Waals surface area contributed by atoms with E-state index in [-0.39, 0.29) is 18.1 Å². The Bertz CT molecular complexity index is 1480. The number of aryl methyl sites for hydroxylation is 1. The normalized spacial score (nSPS) is 11.0. The van der Waals surface area contributed by atoms with Crippen molar-refractivity contribution in [3.05, 3.63) is 95.1 Å². The number of para-hydroxylation sites is 1. The maximum absolute atomic E-state index is 12.8. The zero-order valence-electron chi connectivity index (χ0n) is 17.2. The average Bonchev–Trinajstić information content (AvgIpc) is 3.42. The smallest absolute Gasteiger partial charge is 0.327 e. The largest absolute Gasteiger partial charge is 0.345 e. The Morgan fingerprint density at radius 3 is 2.72 bits per heavy atom. The molecule has 158 valence electrons. The molecule has 0 spiro atoms. The number of amides is 1. The summed E-state index contributed by atoms with van der Waals surface area (Å²) >= 11 is 0. The van der Waals surface area contributed by atoms with Gasteiger partial charge in [-0.05, 0) is 35.9 Å². The van der Waals surface area contributed by atoms with Crippen molar-refractivity contribution >= 4 is 17.1 Å². The number of imidazole rings is 1. The van der Waals surface area contributed by atoms with Crippen LogP contribution in [0.1, 0.15) is 16.2 Å². The van der Waals surface area contributed by atoms with Gasteiger partial charge in [0.1, 0.15) is 6.33 Å². The van der Waals surface area contributed by atoms with Gasteiger partial charge in [-0.1, -0.05) is 30.3 Å². The number of carbonyl (C=O) groups excluding carboxylic acids is 1. The van der Waals surface area contributed by atoms with E-state index in [2.05, 4.69) is 25.4 Å². The third-order valence-corrected chi connectivity index (χ3v) is 5.24. The minimum atomic E-state index is -0.224. The van der Waals surface area contributed by atoms with Gasteiger partial charge >= 0.3 is 5.69 Å². The molecule has 0 aliphatic heterocycles. The van der Waals surface area contributed by atoms with Crippen molar-refractivity contribution in [3.8, 4) is 16.8 Å². The lowest BCUT2D eigenvalue weighted by Crippen LogP contribution is -2.24. The molecule has 3 heterocycles. The number of nitrogens with one attached hydrogen (secondary N) is 2. The van der Waals surface area contributed by atoms with E-state index in [0.29, 0.717) is 22.6 Å². The maximum Gasteiger partial charge on any atom is 0.327 e. The number of nitrogens with zero attached hydrogens (tertiary/aromatic N) is 5. The van der Waals surface area contributed by atoms with E-state index < -0.39 is 0 Å². The lowest BCUT2D eigenvalue weighted by molar-refractivity contribution is 0.0949. The molecule has 0 saturated heterocycles. The standard InChI is InChI=1S/C23H19N7O2/c1-29-19-11-17(12-24-21(19)28-23(29)32)15-6-5-7-16(10-15)22(31)25-13-20-26-14-27-30(20)18-8-3-2-4-9-18/h2-12,14H,13H2,1H3,(H,25,31)(H,24,28,32). The zero-order chi connectivity index (χ0) is 22.1. The second-order valence-electron chi connectivity index (χ2n) is 7.27. The molecule has 9 heteroatoms. The van der Waals surface area contributed by atoms with Crippen LogP contribution in [0.2, 0.25) is 0 Å². The molecule has 0 fully saturated rings. The number of aromatic amines is 1. The number of fused-ring (bicyclic) bond motifs is 1. The van der Waals surface area contributed by atoms with Crippen LogP contribution in [0.4, 0.5) is 0 Å². The molecule has 0 unspecified atom stereocenters. The molecule has 32 heavy (non-hydrogen) atoms. The quantitative estimate of drug-likeness (QED) is 0.449. The van der Waals surface area contributed by atoms with Crippen molar-refractivity contribution in [1.82, 2.24) is 34.6 Å². The summed E-state index contributed by atoms with van der Waals surface area (Å²) < 4.78 is 3.20. The van der Waals surface area contributed by atoms with E-state index in [4.69, 9.17) is 0 Å². The van der Waals surface area contributed by atoms with Gasteiger partial charge in [-0.15, -0.1) is 0 Å². The lowest BCUT2D eigenvalue weighted by Gasteiger charge is -2.09. The van der Waals surface area contributed by atoms with Gasteiger partial charge in [-0.3, -0.25) is 14.3 Å². The average molecular weight is 425 g/mol. The highest BCUT2D eigenvalue weighted by atomic mass is 16.2. The topological polar surface area (TPSA) is 110 Å². The molecule has 0 saturated carbocycles. The minimum absolute atomic E-state index is 0.221. The molecule has 0 atom stereocenters. The molecule has 5 aromatic rings. The Labute approximate surface area is 182 Å². The van der Waals surface area contributed by atoms with E-state index >= 15 is 0 Å². The Morgan fingerprint density at radius 1 is 1.03 bits per heavy atom. The van der Waals surface area contributed by atoms with Gasteiger partial charge in [0.2, 0.25) is 0 Å². The Hall–Kier alpha value is -4.53. The Morgan fingerprint density at radius 2 is 1.88 bits per heavy atom. The SMILES string of the molecule is Cn1c(=O)[nH]c2ncc(-c3cccc(C(=O)NCc4ncnn4-c4ccccc4)c3)cc21. The first-order chi connectivity index (χ1) is 15.6. The van der Waals surface area contributed by atoms with Crippen LogP contribution >= 0.6 is 0 Å². The van der Waals surface area contributed by atoms with Crippen molar-refractivity contribution < 1.29 is 4.79 Å². The van der Waals surface area contributed by atoms with E-state index in [1.54, 1.807) is 30.1 Å². The number of rotatable bonds is 5. The predicted octanol–water partition coefficient (Wildman–Crippen LogP) is 2.44. The fourth-order valence-electron chi connectivity index (χ4n) is 3.53. The number of hydrogen-bond acceptors (Lipinski definition) is 5. The summed E-state index contributed by atoms with van der Waals surface area (Å²) in [5, 5.41) is 7.15. The first kappa shape index (κ1) is 19.4. The molecule has 1 amide bonds. The second kappa shape index (κ2) is 7.95. The first-order valence-corrected chi connectivity index (χ1v) is 9.98. The third-order valence-electron chi connectivity index (χ3n) is 5.24. The summed E-state index contributed by atoms with van der Waals surface area (Å²) in [6.07, 6.45) is 3.14. The summed E-state index contributed by atoms with van der Waals surface area (Å²) in [6.45, 7) is 0.233. The van der Waals surface area contributed by atoms with Crippen molar-refractivity contribution in [2.24, 2.45) is 7.05 Å². The molecule has 0 aliphatic rings. The van der Waals surface area contributed by atoms with Gasteiger partial charge < -0.3 is 5.32 Å². The van der Waals surface area contributed by atoms with Crippen molar-refractivity contribution in [2.75, 3.05) is 0 Å². The van der Waals surface area contributed by atoms with Crippen molar-refractivity contribution in [2.45, 2.75) is 6.54 Å². The van der Waals surface area contributed by atoms with Crippen LogP contribution in [0.15, 0.2) is 78.0 Å². The number of H-pyrrole nitrogens is 1. The van der Waals surface area contributed by atoms with Gasteiger partial charge in [0.15, 0.2) is 11.5 Å². The maximum atomic E-state index is 12.8. The zero-order valence-corrected chi connectivity index (χ0v) is 17.2. The summed E-state index contributed by atoms with van der Waals surface area (Å²) in [7, 11) is 1.69. The molecule has 3 aromatic heterocycles. The number of hydrogen-bond donors (Lipinski definition) is 2. The fourth-order valence-corrected chi connectivity index (χ4v) is 3.53. The Balaban J connectivity index is 1.36. The molecular formula is C23H19N7O2. The van der Waals surface area contributed by atoms with Crippen molar-refractivity contribution in [1.29, 1.82) is 0 Å². The summed E-state index contributed by atoms with van der Waals surface area (Å²) in [6, 6.07) is 18.8. The van der Waals surface area contributed by atoms with E-state index in [1.165, 1.54) is 10.9 Å². The van der Waals surface area contributed by atoms with Crippen LogP contribution in [0.3, 0.4) is 0 Å². The number of benzene rings is 2. The molecular weight excluding hydrogens is 406 g/mol. The Kier molecular flexibility index (Phi) is 4.83. The molecule has 0 radical (unpaired) electrons. The van der Waals surface area contributed by atoms with Crippen LogP contribution in [0, 0.1) is 0 Å². The van der Waals surface area contributed by atoms with Gasteiger partial charge in [-0.25, -0.2) is 19.4 Å². The van der Waals surface area contributed by atoms with Crippen LogP contribution < -0.4 is 11.0 Å². The van der Waals surface area contributed by atoms with Crippen molar-refractivity contribution in [3.63, 3.8) is 0 Å². The molecule has 5 rings (SSSR count). The van der Waals surface area contributed by atoms with Crippen LogP contribution in [-0.2, 0) is 13.6 Å². The van der Waals surface area contributed by atoms with E-state index in [1.807, 2.05) is 48.5 Å². The fraction of sp³-hybridized carbons (Fsp3) is 0.0870. The molecule has 2 aromatic carbocycles. The lowest BCUT2D eigenvalue weighted by atomic mass is 10.0. The molecule has 0 bridgehead atoms. The molecule has 9 nitrogen and oxygen atoms in total. The summed E-state index contributed by atoms with van der Waals surface area (Å²) in [5.41, 5.74) is 4.02. The van der Waals surface area contributed by atoms with Crippen LogP contribution in [0.5, 0.6) is 0 Å². The van der Waals surface area contributed by atoms with E-state index in [9.17, 15) is 9.59 Å². The highest BCUT2D eigenvalue weighted by Crippen LogP contribution is 2.22. The van der Waals surface area contributed by atoms with E-state index in [0.717, 1.165) is 16.8 Å². The third kappa shape index (κ3) is 3.56. The predicted molar refractivity (Wildman–Crippen MR) is 119 cm³/mol. The van der Waals surface area contributed by atoms with Gasteiger partial charge in [0.05, 0.1) is 17.7 Å².